The number of nitrogens with one attached hydrogen (secondary N) is 1. The molecule has 0 amide bonds. The standard InChI is InChI=1S/C16H19F2N3O2S.ClH/c1-19-9-4-10-20-15-5-2-3-6-16(15)21(24(20,22)23)14-8-7-12(17)11-13(14)18;/h2-3,5-8,11,19,22-23H,4,9-10H2,1H3;1H. The quantitative estimate of drug-likeness (QED) is 0.653. The lowest BCUT2D eigenvalue weighted by Crippen LogP contribution is -2.33. The van der Waals surface area contributed by atoms with Crippen molar-refractivity contribution in [2.24, 2.45) is 0 Å². The third kappa shape index (κ3) is 3.54. The van der Waals surface area contributed by atoms with Crippen LogP contribution in [0.3, 0.4) is 0 Å². The highest BCUT2D eigenvalue weighted by Gasteiger charge is 2.42. The van der Waals surface area contributed by atoms with E-state index in [4.69, 9.17) is 0 Å². The van der Waals surface area contributed by atoms with Gasteiger partial charge in [0.05, 0.1) is 11.4 Å². The van der Waals surface area contributed by atoms with Gasteiger partial charge < -0.3 is 5.32 Å². The molecule has 0 aliphatic carbocycles. The molecule has 1 aliphatic rings. The fourth-order valence-corrected chi connectivity index (χ4v) is 4.58. The molecule has 3 N–H and O–H groups in total. The topological polar surface area (TPSA) is 59.0 Å². The van der Waals surface area contributed by atoms with Gasteiger partial charge in [0.2, 0.25) is 0 Å². The first-order valence-corrected chi connectivity index (χ1v) is 8.97. The van der Waals surface area contributed by atoms with Gasteiger partial charge in [0.25, 0.3) is 0 Å². The van der Waals surface area contributed by atoms with Crippen molar-refractivity contribution >= 4 is 40.4 Å². The average Bonchev–Trinajstić information content (AvgIpc) is 2.76. The Balaban J connectivity index is 0.00000225. The minimum absolute atomic E-state index is 0. The molecule has 0 saturated heterocycles. The van der Waals surface area contributed by atoms with Gasteiger partial charge in [0, 0.05) is 12.6 Å². The number of hydrogen-bond donors (Lipinski definition) is 3. The second-order valence-corrected chi connectivity index (χ2v) is 7.21. The first kappa shape index (κ1) is 19.7. The Labute approximate surface area is 153 Å². The molecule has 1 heterocycles. The lowest BCUT2D eigenvalue weighted by molar-refractivity contribution is 0.482. The Morgan fingerprint density at radius 1 is 1.04 bits per heavy atom. The molecule has 0 aromatic heterocycles. The van der Waals surface area contributed by atoms with E-state index in [1.54, 1.807) is 24.3 Å². The van der Waals surface area contributed by atoms with E-state index in [0.29, 0.717) is 30.9 Å². The fourth-order valence-electron chi connectivity index (χ4n) is 2.76. The number of anilines is 3. The van der Waals surface area contributed by atoms with Crippen molar-refractivity contribution in [3.63, 3.8) is 0 Å². The maximum absolute atomic E-state index is 14.3. The Morgan fingerprint density at radius 3 is 2.36 bits per heavy atom. The summed E-state index contributed by atoms with van der Waals surface area (Å²) in [5, 5.41) is 3.01. The maximum Gasteiger partial charge on any atom is 0.151 e. The van der Waals surface area contributed by atoms with Crippen molar-refractivity contribution in [2.75, 3.05) is 28.7 Å². The van der Waals surface area contributed by atoms with Gasteiger partial charge in [0.1, 0.15) is 11.5 Å². The zero-order chi connectivity index (χ0) is 17.3. The summed E-state index contributed by atoms with van der Waals surface area (Å²) in [6.07, 6.45) is 0.681. The van der Waals surface area contributed by atoms with E-state index < -0.39 is 22.6 Å². The van der Waals surface area contributed by atoms with Gasteiger partial charge in [0.15, 0.2) is 5.82 Å². The molecule has 0 unspecified atom stereocenters. The largest absolute Gasteiger partial charge is 0.320 e. The number of fused-ring (bicyclic) bond motifs is 1. The molecule has 0 fully saturated rings. The highest BCUT2D eigenvalue weighted by atomic mass is 35.5. The van der Waals surface area contributed by atoms with E-state index in [-0.39, 0.29) is 18.1 Å². The van der Waals surface area contributed by atoms with Crippen LogP contribution in [0.4, 0.5) is 25.8 Å². The molecule has 0 atom stereocenters. The molecule has 0 radical (unpaired) electrons. The second kappa shape index (κ2) is 7.76. The number of rotatable bonds is 5. The summed E-state index contributed by atoms with van der Waals surface area (Å²) >= 11 is 0. The molecular formula is C16H20ClF2N3O2S. The lowest BCUT2D eigenvalue weighted by atomic mass is 10.2. The summed E-state index contributed by atoms with van der Waals surface area (Å²) in [7, 11) is -1.66. The summed E-state index contributed by atoms with van der Waals surface area (Å²) in [6.45, 7) is 1.10. The van der Waals surface area contributed by atoms with Gasteiger partial charge in [-0.25, -0.2) is 13.1 Å². The predicted molar refractivity (Wildman–Crippen MR) is 101 cm³/mol. The Kier molecular flexibility index (Phi) is 6.12. The molecule has 9 heteroatoms. The monoisotopic (exact) mass is 391 g/mol. The summed E-state index contributed by atoms with van der Waals surface area (Å²) in [4.78, 5) is 0. The predicted octanol–water partition coefficient (Wildman–Crippen LogP) is 4.53. The van der Waals surface area contributed by atoms with E-state index in [0.717, 1.165) is 16.4 Å². The first-order valence-electron chi connectivity index (χ1n) is 7.51. The summed E-state index contributed by atoms with van der Waals surface area (Å²) in [5.41, 5.74) is 1.02. The van der Waals surface area contributed by atoms with Gasteiger partial charge in [-0.1, -0.05) is 12.1 Å². The van der Waals surface area contributed by atoms with Crippen LogP contribution in [0.5, 0.6) is 0 Å². The number of hydrogen-bond acceptors (Lipinski definition) is 5. The highest BCUT2D eigenvalue weighted by Crippen LogP contribution is 2.64. The Bertz CT molecular complexity index is 751. The van der Waals surface area contributed by atoms with Crippen LogP contribution in [-0.2, 0) is 0 Å². The SMILES string of the molecule is CNCCCN1c2ccccc2N(c2ccc(F)cc2F)S1(O)O.Cl. The number of nitrogens with zero attached hydrogens (tertiary/aromatic N) is 2. The summed E-state index contributed by atoms with van der Waals surface area (Å²) < 4.78 is 51.7. The number of benzene rings is 2. The van der Waals surface area contributed by atoms with Crippen LogP contribution in [0.25, 0.3) is 0 Å². The van der Waals surface area contributed by atoms with Crippen molar-refractivity contribution < 1.29 is 17.9 Å². The smallest absolute Gasteiger partial charge is 0.151 e. The third-order valence-electron chi connectivity index (χ3n) is 3.83. The van der Waals surface area contributed by atoms with Crippen LogP contribution in [0, 0.1) is 11.6 Å². The normalized spacial score (nSPS) is 16.4. The average molecular weight is 392 g/mol. The van der Waals surface area contributed by atoms with E-state index in [1.165, 1.54) is 10.4 Å². The Hall–Kier alpha value is -1.58. The van der Waals surface area contributed by atoms with Crippen LogP contribution < -0.4 is 13.9 Å². The van der Waals surface area contributed by atoms with Crippen LogP contribution in [0.2, 0.25) is 0 Å². The van der Waals surface area contributed by atoms with Crippen LogP contribution in [0.1, 0.15) is 6.42 Å². The van der Waals surface area contributed by atoms with E-state index in [2.05, 4.69) is 5.32 Å². The maximum atomic E-state index is 14.3. The fraction of sp³-hybridized carbons (Fsp3) is 0.250. The molecule has 0 spiro atoms. The van der Waals surface area contributed by atoms with E-state index in [1.807, 2.05) is 7.05 Å². The molecule has 0 bridgehead atoms. The minimum atomic E-state index is -3.48. The van der Waals surface area contributed by atoms with Crippen molar-refractivity contribution in [3.05, 3.63) is 54.1 Å². The van der Waals surface area contributed by atoms with Gasteiger partial charge in [-0.3, -0.25) is 13.4 Å². The molecule has 2 aromatic rings. The van der Waals surface area contributed by atoms with Crippen molar-refractivity contribution in [2.45, 2.75) is 6.42 Å². The van der Waals surface area contributed by atoms with Crippen molar-refractivity contribution in [1.29, 1.82) is 0 Å². The molecule has 0 saturated carbocycles. The summed E-state index contributed by atoms with van der Waals surface area (Å²) in [5.74, 6) is -1.56. The molecular weight excluding hydrogens is 372 g/mol. The molecule has 1 aliphatic heterocycles. The highest BCUT2D eigenvalue weighted by molar-refractivity contribution is 8.27. The van der Waals surface area contributed by atoms with Crippen LogP contribution >= 0.6 is 23.4 Å². The molecule has 2 aromatic carbocycles. The lowest BCUT2D eigenvalue weighted by Gasteiger charge is -2.43. The van der Waals surface area contributed by atoms with Gasteiger partial charge in [-0.05, 0) is 55.2 Å². The van der Waals surface area contributed by atoms with Gasteiger partial charge >= 0.3 is 0 Å². The van der Waals surface area contributed by atoms with E-state index >= 15 is 0 Å². The Morgan fingerprint density at radius 2 is 1.72 bits per heavy atom. The molecule has 3 rings (SSSR count). The zero-order valence-corrected chi connectivity index (χ0v) is 15.2. The van der Waals surface area contributed by atoms with E-state index in [9.17, 15) is 17.9 Å². The number of para-hydroxylation sites is 2. The third-order valence-corrected chi connectivity index (χ3v) is 5.68. The molecule has 25 heavy (non-hydrogen) atoms. The number of halogens is 3. The van der Waals surface area contributed by atoms with Gasteiger partial charge in [-0.2, -0.15) is 0 Å². The summed E-state index contributed by atoms with van der Waals surface area (Å²) in [6, 6.07) is 10.0. The second-order valence-electron chi connectivity index (χ2n) is 5.43. The van der Waals surface area contributed by atoms with Crippen LogP contribution in [0.15, 0.2) is 42.5 Å². The minimum Gasteiger partial charge on any atom is -0.320 e. The van der Waals surface area contributed by atoms with Crippen LogP contribution in [-0.4, -0.2) is 29.2 Å². The molecule has 138 valence electrons. The van der Waals surface area contributed by atoms with Gasteiger partial charge in [-0.15, -0.1) is 12.4 Å². The molecule has 5 nitrogen and oxygen atoms in total. The zero-order valence-electron chi connectivity index (χ0n) is 13.5. The first-order chi connectivity index (χ1) is 11.5. The van der Waals surface area contributed by atoms with Crippen molar-refractivity contribution in [1.82, 2.24) is 5.32 Å². The van der Waals surface area contributed by atoms with Crippen molar-refractivity contribution in [3.8, 4) is 0 Å².